The van der Waals surface area contributed by atoms with E-state index in [2.05, 4.69) is 24.7 Å². The van der Waals surface area contributed by atoms with E-state index in [1.54, 1.807) is 30.3 Å². The van der Waals surface area contributed by atoms with Crippen LogP contribution in [0.4, 0.5) is 10.2 Å². The number of ether oxygens (including phenoxy) is 1. The molecule has 0 bridgehead atoms. The molecule has 0 saturated carbocycles. The molecule has 2 aromatic carbocycles. The topological polar surface area (TPSA) is 110 Å². The van der Waals surface area contributed by atoms with Crippen molar-refractivity contribution in [2.75, 3.05) is 25.5 Å². The Morgan fingerprint density at radius 1 is 1.12 bits per heavy atom. The van der Waals surface area contributed by atoms with E-state index in [1.807, 2.05) is 0 Å². The minimum absolute atomic E-state index is 0.00516. The van der Waals surface area contributed by atoms with Gasteiger partial charge in [0.05, 0.1) is 12.6 Å². The Morgan fingerprint density at radius 3 is 2.62 bits per heavy atom. The van der Waals surface area contributed by atoms with Crippen molar-refractivity contribution in [1.82, 2.24) is 14.7 Å². The van der Waals surface area contributed by atoms with Crippen LogP contribution >= 0.6 is 22.9 Å². The lowest BCUT2D eigenvalue weighted by atomic mass is 10.2. The Labute approximate surface area is 203 Å². The summed E-state index contributed by atoms with van der Waals surface area (Å²) in [6, 6.07) is 12.3. The molecule has 0 fully saturated rings. The van der Waals surface area contributed by atoms with Gasteiger partial charge in [-0.3, -0.25) is 0 Å². The van der Waals surface area contributed by atoms with E-state index in [9.17, 15) is 17.6 Å². The SMILES string of the molecule is COC(=O)c1sccc1S(=O)(=O)NCCNc1nc(-c2ccc(F)cc2)nc2cc(Cl)ccc12. The van der Waals surface area contributed by atoms with E-state index >= 15 is 0 Å². The number of anilines is 1. The van der Waals surface area contributed by atoms with Crippen molar-refractivity contribution in [3.63, 3.8) is 0 Å². The molecular weight excluding hydrogens is 503 g/mol. The minimum Gasteiger partial charge on any atom is -0.465 e. The monoisotopic (exact) mass is 520 g/mol. The Balaban J connectivity index is 1.54. The van der Waals surface area contributed by atoms with Gasteiger partial charge in [0.1, 0.15) is 21.4 Å². The van der Waals surface area contributed by atoms with Crippen molar-refractivity contribution in [2.45, 2.75) is 4.90 Å². The van der Waals surface area contributed by atoms with Gasteiger partial charge in [-0.2, -0.15) is 0 Å². The maximum Gasteiger partial charge on any atom is 0.349 e. The molecule has 0 aliphatic heterocycles. The Bertz CT molecular complexity index is 1460. The van der Waals surface area contributed by atoms with Crippen LogP contribution in [0.2, 0.25) is 5.02 Å². The third-order valence-electron chi connectivity index (χ3n) is 4.76. The van der Waals surface area contributed by atoms with Crippen LogP contribution in [0.1, 0.15) is 9.67 Å². The van der Waals surface area contributed by atoms with E-state index in [1.165, 1.54) is 30.7 Å². The maximum absolute atomic E-state index is 13.3. The molecule has 0 unspecified atom stereocenters. The fourth-order valence-electron chi connectivity index (χ4n) is 3.16. The number of carbonyl (C=O) groups is 1. The average molecular weight is 521 g/mol. The van der Waals surface area contributed by atoms with Crippen LogP contribution in [0.3, 0.4) is 0 Å². The molecule has 8 nitrogen and oxygen atoms in total. The number of halogens is 2. The second kappa shape index (κ2) is 10.0. The first-order valence-corrected chi connectivity index (χ1v) is 12.6. The standard InChI is InChI=1S/C22H18ClFN4O4S2/c1-32-22(29)19-18(8-11-33-19)34(30,31)26-10-9-25-21-16-7-4-14(23)12-17(16)27-20(28-21)13-2-5-15(24)6-3-13/h2-8,11-12,26H,9-10H2,1H3,(H,25,27,28). The number of fused-ring (bicyclic) bond motifs is 1. The van der Waals surface area contributed by atoms with Gasteiger partial charge in [-0.1, -0.05) is 11.6 Å². The van der Waals surface area contributed by atoms with Crippen molar-refractivity contribution in [2.24, 2.45) is 0 Å². The zero-order chi connectivity index (χ0) is 24.3. The highest BCUT2D eigenvalue weighted by Gasteiger charge is 2.24. The second-order valence-electron chi connectivity index (χ2n) is 6.99. The molecule has 2 aromatic heterocycles. The normalized spacial score (nSPS) is 11.5. The van der Waals surface area contributed by atoms with Gasteiger partial charge in [0.15, 0.2) is 5.82 Å². The molecule has 4 aromatic rings. The summed E-state index contributed by atoms with van der Waals surface area (Å²) in [4.78, 5) is 20.7. The number of carbonyl (C=O) groups excluding carboxylic acids is 1. The average Bonchev–Trinajstić information content (AvgIpc) is 3.32. The fourth-order valence-corrected chi connectivity index (χ4v) is 5.69. The summed E-state index contributed by atoms with van der Waals surface area (Å²) in [5.41, 5.74) is 1.19. The van der Waals surface area contributed by atoms with Crippen LogP contribution in [-0.2, 0) is 14.8 Å². The number of esters is 1. The molecule has 0 radical (unpaired) electrons. The number of nitrogens with zero attached hydrogens (tertiary/aromatic N) is 2. The molecule has 0 atom stereocenters. The Hall–Kier alpha value is -3.12. The summed E-state index contributed by atoms with van der Waals surface area (Å²) in [6.07, 6.45) is 0. The molecule has 4 rings (SSSR count). The zero-order valence-corrected chi connectivity index (χ0v) is 20.1. The van der Waals surface area contributed by atoms with Gasteiger partial charge >= 0.3 is 5.97 Å². The smallest absolute Gasteiger partial charge is 0.349 e. The van der Waals surface area contributed by atoms with Gasteiger partial charge in [-0.25, -0.2) is 32.3 Å². The highest BCUT2D eigenvalue weighted by atomic mass is 35.5. The van der Waals surface area contributed by atoms with Crippen LogP contribution in [0.15, 0.2) is 58.8 Å². The summed E-state index contributed by atoms with van der Waals surface area (Å²) >= 11 is 7.11. The van der Waals surface area contributed by atoms with Crippen molar-refractivity contribution in [3.05, 3.63) is 69.6 Å². The number of benzene rings is 2. The van der Waals surface area contributed by atoms with Gasteiger partial charge in [0.2, 0.25) is 10.0 Å². The first-order valence-electron chi connectivity index (χ1n) is 9.91. The van der Waals surface area contributed by atoms with Crippen molar-refractivity contribution < 1.29 is 22.3 Å². The van der Waals surface area contributed by atoms with E-state index < -0.39 is 16.0 Å². The second-order valence-corrected chi connectivity index (χ2v) is 10.1. The fraction of sp³-hybridized carbons (Fsp3) is 0.136. The van der Waals surface area contributed by atoms with Gasteiger partial charge < -0.3 is 10.1 Å². The minimum atomic E-state index is -3.93. The van der Waals surface area contributed by atoms with Crippen molar-refractivity contribution in [3.8, 4) is 11.4 Å². The van der Waals surface area contributed by atoms with Gasteiger partial charge in [-0.05, 0) is 53.9 Å². The van der Waals surface area contributed by atoms with Crippen LogP contribution < -0.4 is 10.0 Å². The molecule has 2 heterocycles. The molecule has 34 heavy (non-hydrogen) atoms. The molecule has 2 N–H and O–H groups in total. The lowest BCUT2D eigenvalue weighted by Gasteiger charge is -2.12. The largest absolute Gasteiger partial charge is 0.465 e. The zero-order valence-electron chi connectivity index (χ0n) is 17.7. The summed E-state index contributed by atoms with van der Waals surface area (Å²) in [7, 11) is -2.74. The van der Waals surface area contributed by atoms with Gasteiger partial charge in [-0.15, -0.1) is 11.3 Å². The van der Waals surface area contributed by atoms with Crippen LogP contribution in [0.5, 0.6) is 0 Å². The highest BCUT2D eigenvalue weighted by molar-refractivity contribution is 7.89. The molecule has 0 aliphatic carbocycles. The molecule has 0 amide bonds. The predicted octanol–water partition coefficient (Wildman–Crippen LogP) is 4.33. The maximum atomic E-state index is 13.3. The molecule has 0 aliphatic rings. The van der Waals surface area contributed by atoms with E-state index in [0.717, 1.165) is 11.3 Å². The number of methoxy groups -OCH3 is 1. The lowest BCUT2D eigenvalue weighted by Crippen LogP contribution is -2.29. The van der Waals surface area contributed by atoms with Crippen LogP contribution in [0.25, 0.3) is 22.3 Å². The predicted molar refractivity (Wildman–Crippen MR) is 129 cm³/mol. The number of aromatic nitrogens is 2. The third kappa shape index (κ3) is 5.17. The Kier molecular flexibility index (Phi) is 7.08. The lowest BCUT2D eigenvalue weighted by molar-refractivity contribution is 0.0602. The van der Waals surface area contributed by atoms with E-state index in [4.69, 9.17) is 11.6 Å². The van der Waals surface area contributed by atoms with Gasteiger partial charge in [0, 0.05) is 29.1 Å². The first kappa shape index (κ1) is 24.0. The number of rotatable bonds is 8. The quantitative estimate of drug-likeness (QED) is 0.263. The van der Waals surface area contributed by atoms with E-state index in [-0.39, 0.29) is 28.7 Å². The molecule has 0 spiro atoms. The molecule has 0 saturated heterocycles. The summed E-state index contributed by atoms with van der Waals surface area (Å²) < 4.78 is 45.7. The third-order valence-corrected chi connectivity index (χ3v) is 7.52. The highest BCUT2D eigenvalue weighted by Crippen LogP contribution is 2.27. The Morgan fingerprint density at radius 2 is 1.88 bits per heavy atom. The van der Waals surface area contributed by atoms with Crippen molar-refractivity contribution >= 4 is 55.7 Å². The number of thiophene rings is 1. The molecule has 176 valence electrons. The van der Waals surface area contributed by atoms with Crippen LogP contribution in [-0.4, -0.2) is 44.6 Å². The van der Waals surface area contributed by atoms with Crippen LogP contribution in [0, 0.1) is 5.82 Å². The number of hydrogen-bond acceptors (Lipinski definition) is 8. The van der Waals surface area contributed by atoms with E-state index in [0.29, 0.717) is 33.1 Å². The van der Waals surface area contributed by atoms with Gasteiger partial charge in [0.25, 0.3) is 0 Å². The first-order chi connectivity index (χ1) is 16.3. The number of sulfonamides is 1. The number of nitrogens with one attached hydrogen (secondary N) is 2. The van der Waals surface area contributed by atoms with Crippen molar-refractivity contribution in [1.29, 1.82) is 0 Å². The summed E-state index contributed by atoms with van der Waals surface area (Å²) in [5, 5.41) is 5.80. The molecule has 12 heteroatoms. The summed E-state index contributed by atoms with van der Waals surface area (Å²) in [5.74, 6) is -0.267. The molecular formula is C22H18ClFN4O4S2. The number of hydrogen-bond donors (Lipinski definition) is 2. The summed E-state index contributed by atoms with van der Waals surface area (Å²) in [6.45, 7) is 0.207.